The maximum absolute atomic E-state index is 9.75. The molecule has 1 aliphatic rings. The molecule has 6 nitrogen and oxygen atoms in total. The van der Waals surface area contributed by atoms with Crippen molar-refractivity contribution in [3.05, 3.63) is 17.2 Å². The Balaban J connectivity index is 2.08. The first-order valence-corrected chi connectivity index (χ1v) is 5.73. The molecule has 1 fully saturated rings. The lowest BCUT2D eigenvalue weighted by Gasteiger charge is -2.39. The molecule has 1 saturated carbocycles. The number of halogens is 1. The van der Waals surface area contributed by atoms with E-state index < -0.39 is 5.60 Å². The van der Waals surface area contributed by atoms with Crippen LogP contribution in [0.5, 0.6) is 0 Å². The van der Waals surface area contributed by atoms with Gasteiger partial charge >= 0.3 is 0 Å². The van der Waals surface area contributed by atoms with Crippen molar-refractivity contribution in [3.8, 4) is 0 Å². The summed E-state index contributed by atoms with van der Waals surface area (Å²) in [4.78, 5) is 8.16. The van der Waals surface area contributed by atoms with Crippen LogP contribution >= 0.6 is 11.6 Å². The number of nitrogens with zero attached hydrogens (tertiary/aromatic N) is 4. The maximum atomic E-state index is 9.75. The lowest BCUT2D eigenvalue weighted by molar-refractivity contribution is -0.0337. The molecule has 3 N–H and O–H groups in total. The van der Waals surface area contributed by atoms with Gasteiger partial charge in [0.05, 0.1) is 11.8 Å². The van der Waals surface area contributed by atoms with Crippen LogP contribution in [0.1, 0.15) is 31.5 Å². The SMILES string of the molecule is CC1(O)CC(c2nc(Cl)c3cnc(N)nn23)C1. The Morgan fingerprint density at radius 1 is 1.59 bits per heavy atom. The standard InChI is InChI=1S/C10H12ClN5O/c1-10(17)2-5(3-10)8-14-7(11)6-4-13-9(12)15-16(6)8/h4-5,17H,2-3H2,1H3,(H2,12,15). The summed E-state index contributed by atoms with van der Waals surface area (Å²) < 4.78 is 1.62. The highest BCUT2D eigenvalue weighted by Gasteiger charge is 2.41. The Bertz CT molecular complexity index is 586. The fourth-order valence-electron chi connectivity index (χ4n) is 2.33. The van der Waals surface area contributed by atoms with Crippen LogP contribution in [0.2, 0.25) is 5.15 Å². The third-order valence-corrected chi connectivity index (χ3v) is 3.41. The largest absolute Gasteiger partial charge is 0.390 e. The van der Waals surface area contributed by atoms with E-state index in [1.54, 1.807) is 10.7 Å². The van der Waals surface area contributed by atoms with E-state index in [2.05, 4.69) is 15.1 Å². The number of nitrogen functional groups attached to an aromatic ring is 1. The van der Waals surface area contributed by atoms with Crippen LogP contribution in [0.25, 0.3) is 5.52 Å². The van der Waals surface area contributed by atoms with Crippen molar-refractivity contribution in [2.24, 2.45) is 0 Å². The summed E-state index contributed by atoms with van der Waals surface area (Å²) in [6.07, 6.45) is 2.87. The molecule has 0 spiro atoms. The van der Waals surface area contributed by atoms with Gasteiger partial charge in [0, 0.05) is 5.92 Å². The summed E-state index contributed by atoms with van der Waals surface area (Å²) in [5.41, 5.74) is 5.58. The smallest absolute Gasteiger partial charge is 0.238 e. The van der Waals surface area contributed by atoms with Crippen LogP contribution in [-0.4, -0.2) is 30.3 Å². The number of rotatable bonds is 1. The minimum absolute atomic E-state index is 0.166. The van der Waals surface area contributed by atoms with E-state index in [1.807, 2.05) is 6.92 Å². The second kappa shape index (κ2) is 3.30. The molecule has 1 aliphatic carbocycles. The second-order valence-corrected chi connectivity index (χ2v) is 5.13. The van der Waals surface area contributed by atoms with Gasteiger partial charge in [-0.25, -0.2) is 14.5 Å². The molecule has 2 heterocycles. The van der Waals surface area contributed by atoms with E-state index in [0.717, 1.165) is 5.82 Å². The van der Waals surface area contributed by atoms with Crippen molar-refractivity contribution in [2.45, 2.75) is 31.3 Å². The number of hydrogen-bond donors (Lipinski definition) is 2. The molecule has 90 valence electrons. The van der Waals surface area contributed by atoms with Gasteiger partial charge in [0.25, 0.3) is 0 Å². The first-order valence-electron chi connectivity index (χ1n) is 5.35. The van der Waals surface area contributed by atoms with Gasteiger partial charge in [-0.15, -0.1) is 5.10 Å². The molecule has 2 aromatic heterocycles. The quantitative estimate of drug-likeness (QED) is 0.791. The molecule has 0 radical (unpaired) electrons. The molecule has 0 aromatic carbocycles. The Labute approximate surface area is 102 Å². The number of imidazole rings is 1. The van der Waals surface area contributed by atoms with Crippen LogP contribution in [-0.2, 0) is 0 Å². The third kappa shape index (κ3) is 1.64. The molecule has 0 amide bonds. The fraction of sp³-hybridized carbons (Fsp3) is 0.500. The Morgan fingerprint density at radius 2 is 2.29 bits per heavy atom. The average molecular weight is 254 g/mol. The lowest BCUT2D eigenvalue weighted by Crippen LogP contribution is -2.40. The molecule has 3 rings (SSSR count). The van der Waals surface area contributed by atoms with Gasteiger partial charge in [-0.3, -0.25) is 0 Å². The molecule has 7 heteroatoms. The zero-order valence-electron chi connectivity index (χ0n) is 9.26. The topological polar surface area (TPSA) is 89.3 Å². The van der Waals surface area contributed by atoms with Crippen molar-refractivity contribution in [1.29, 1.82) is 0 Å². The highest BCUT2D eigenvalue weighted by Crippen LogP contribution is 2.44. The monoisotopic (exact) mass is 253 g/mol. The Kier molecular flexibility index (Phi) is 2.08. The lowest BCUT2D eigenvalue weighted by atomic mass is 9.72. The molecule has 0 saturated heterocycles. The summed E-state index contributed by atoms with van der Waals surface area (Å²) in [6, 6.07) is 0. The van der Waals surface area contributed by atoms with Crippen molar-refractivity contribution in [2.75, 3.05) is 5.73 Å². The molecular formula is C10H12ClN5O. The normalized spacial score (nSPS) is 28.3. The number of aromatic nitrogens is 4. The van der Waals surface area contributed by atoms with Crippen molar-refractivity contribution < 1.29 is 5.11 Å². The van der Waals surface area contributed by atoms with Crippen LogP contribution in [0.3, 0.4) is 0 Å². The Morgan fingerprint density at radius 3 is 2.94 bits per heavy atom. The maximum Gasteiger partial charge on any atom is 0.238 e. The molecular weight excluding hydrogens is 242 g/mol. The van der Waals surface area contributed by atoms with Gasteiger partial charge in [0.2, 0.25) is 5.95 Å². The predicted octanol–water partition coefficient (Wildman–Crippen LogP) is 0.988. The third-order valence-electron chi connectivity index (χ3n) is 3.13. The van der Waals surface area contributed by atoms with Crippen LogP contribution in [0.4, 0.5) is 5.95 Å². The van der Waals surface area contributed by atoms with E-state index in [0.29, 0.717) is 23.5 Å². The number of nitrogens with two attached hydrogens (primary N) is 1. The zero-order valence-corrected chi connectivity index (χ0v) is 10.0. The number of aliphatic hydroxyl groups is 1. The van der Waals surface area contributed by atoms with E-state index in [4.69, 9.17) is 17.3 Å². The molecule has 0 atom stereocenters. The number of fused-ring (bicyclic) bond motifs is 1. The van der Waals surface area contributed by atoms with E-state index >= 15 is 0 Å². The minimum atomic E-state index is -0.610. The highest BCUT2D eigenvalue weighted by molar-refractivity contribution is 6.32. The average Bonchev–Trinajstić information content (AvgIpc) is 2.52. The molecule has 2 aromatic rings. The van der Waals surface area contributed by atoms with Gasteiger partial charge < -0.3 is 10.8 Å². The van der Waals surface area contributed by atoms with Gasteiger partial charge in [0.15, 0.2) is 5.15 Å². The number of anilines is 1. The highest BCUT2D eigenvalue weighted by atomic mass is 35.5. The van der Waals surface area contributed by atoms with Gasteiger partial charge in [-0.05, 0) is 19.8 Å². The first-order chi connectivity index (χ1) is 7.96. The molecule has 0 unspecified atom stereocenters. The fourth-order valence-corrected chi connectivity index (χ4v) is 2.55. The van der Waals surface area contributed by atoms with Gasteiger partial charge in [0.1, 0.15) is 11.3 Å². The summed E-state index contributed by atoms with van der Waals surface area (Å²) in [5.74, 6) is 1.09. The summed E-state index contributed by atoms with van der Waals surface area (Å²) in [5, 5.41) is 14.2. The second-order valence-electron chi connectivity index (χ2n) is 4.78. The van der Waals surface area contributed by atoms with Crippen LogP contribution in [0.15, 0.2) is 6.20 Å². The predicted molar refractivity (Wildman–Crippen MR) is 62.8 cm³/mol. The summed E-state index contributed by atoms with van der Waals surface area (Å²) >= 11 is 6.01. The summed E-state index contributed by atoms with van der Waals surface area (Å²) in [7, 11) is 0. The van der Waals surface area contributed by atoms with Crippen LogP contribution in [0, 0.1) is 0 Å². The van der Waals surface area contributed by atoms with Gasteiger partial charge in [-0.2, -0.15) is 0 Å². The van der Waals surface area contributed by atoms with E-state index in [1.165, 1.54) is 0 Å². The Hall–Kier alpha value is -1.40. The van der Waals surface area contributed by atoms with Crippen molar-refractivity contribution >= 4 is 23.1 Å². The van der Waals surface area contributed by atoms with Crippen molar-refractivity contribution in [3.63, 3.8) is 0 Å². The zero-order chi connectivity index (χ0) is 12.2. The molecule has 17 heavy (non-hydrogen) atoms. The van der Waals surface area contributed by atoms with Crippen molar-refractivity contribution in [1.82, 2.24) is 19.6 Å². The molecule has 0 bridgehead atoms. The minimum Gasteiger partial charge on any atom is -0.390 e. The molecule has 0 aliphatic heterocycles. The van der Waals surface area contributed by atoms with E-state index in [-0.39, 0.29) is 11.9 Å². The first kappa shape index (κ1) is 10.7. The van der Waals surface area contributed by atoms with Gasteiger partial charge in [-0.1, -0.05) is 11.6 Å². The summed E-state index contributed by atoms with van der Waals surface area (Å²) in [6.45, 7) is 1.81. The van der Waals surface area contributed by atoms with Crippen LogP contribution < -0.4 is 5.73 Å². The number of hydrogen-bond acceptors (Lipinski definition) is 5. The van der Waals surface area contributed by atoms with E-state index in [9.17, 15) is 5.11 Å².